The van der Waals surface area contributed by atoms with E-state index >= 15 is 0 Å². The normalized spacial score (nSPS) is 15.7. The fourth-order valence-electron chi connectivity index (χ4n) is 5.27. The lowest BCUT2D eigenvalue weighted by molar-refractivity contribution is -0.127. The lowest BCUT2D eigenvalue weighted by atomic mass is 9.95. The second-order valence-corrected chi connectivity index (χ2v) is 12.1. The average molecular weight is 574 g/mol. The number of rotatable bonds is 9. The van der Waals surface area contributed by atoms with Crippen molar-refractivity contribution < 1.29 is 22.8 Å². The van der Waals surface area contributed by atoms with Gasteiger partial charge in [0.2, 0.25) is 5.91 Å². The molecule has 2 atom stereocenters. The summed E-state index contributed by atoms with van der Waals surface area (Å²) in [5.41, 5.74) is 5.83. The molecular weight excluding hydrogens is 542 g/mol. The maximum absolute atomic E-state index is 13.9. The molecule has 4 aromatic rings. The Morgan fingerprint density at radius 2 is 1.63 bits per heavy atom. The molecule has 1 aromatic heterocycles. The van der Waals surface area contributed by atoms with Crippen LogP contribution in [0.1, 0.15) is 54.7 Å². The standard InChI is InChI=1S/C30H31N5O5S/c1-18(2)16-27(29(37)33-34-41(39,40)21-14-12-20(13-15-21)32-19(3)36)35-28(23-9-4-5-10-24(23)30(35)38)25-17-31-26-11-7-6-8-22(25)26/h4-15,17-18,27-28,31,34H,16H2,1-3H3,(H,32,36)(H,33,37). The van der Waals surface area contributed by atoms with E-state index in [9.17, 15) is 22.8 Å². The minimum atomic E-state index is -4.14. The number of benzene rings is 3. The molecule has 0 saturated heterocycles. The van der Waals surface area contributed by atoms with E-state index in [0.29, 0.717) is 17.7 Å². The highest BCUT2D eigenvalue weighted by molar-refractivity contribution is 7.89. The van der Waals surface area contributed by atoms with Crippen molar-refractivity contribution in [3.8, 4) is 0 Å². The number of anilines is 1. The Labute approximate surface area is 238 Å². The van der Waals surface area contributed by atoms with Crippen LogP contribution < -0.4 is 15.6 Å². The van der Waals surface area contributed by atoms with Crippen LogP contribution in [0.2, 0.25) is 0 Å². The van der Waals surface area contributed by atoms with Gasteiger partial charge in [-0.05, 0) is 54.3 Å². The van der Waals surface area contributed by atoms with Crippen molar-refractivity contribution in [2.24, 2.45) is 5.92 Å². The number of hydrazine groups is 1. The number of para-hydroxylation sites is 1. The Balaban J connectivity index is 1.46. The summed E-state index contributed by atoms with van der Waals surface area (Å²) in [4.78, 5) is 45.7. The molecule has 0 aliphatic carbocycles. The number of hydrogen-bond donors (Lipinski definition) is 4. The Kier molecular flexibility index (Phi) is 7.65. The van der Waals surface area contributed by atoms with E-state index in [-0.39, 0.29) is 22.6 Å². The fourth-order valence-corrected chi connectivity index (χ4v) is 6.12. The van der Waals surface area contributed by atoms with E-state index in [1.807, 2.05) is 56.4 Å². The highest BCUT2D eigenvalue weighted by atomic mass is 32.2. The highest BCUT2D eigenvalue weighted by Crippen LogP contribution is 2.43. The summed E-state index contributed by atoms with van der Waals surface area (Å²) in [6, 6.07) is 19.0. The van der Waals surface area contributed by atoms with Gasteiger partial charge in [0.25, 0.3) is 21.8 Å². The molecule has 0 saturated carbocycles. The molecule has 10 nitrogen and oxygen atoms in total. The van der Waals surface area contributed by atoms with Crippen molar-refractivity contribution in [3.63, 3.8) is 0 Å². The summed E-state index contributed by atoms with van der Waals surface area (Å²) in [7, 11) is -4.14. The molecule has 2 heterocycles. The topological polar surface area (TPSA) is 140 Å². The predicted octanol–water partition coefficient (Wildman–Crippen LogP) is 4.10. The number of nitrogens with zero attached hydrogens (tertiary/aromatic N) is 1. The largest absolute Gasteiger partial charge is 0.361 e. The third-order valence-electron chi connectivity index (χ3n) is 7.04. The first-order valence-electron chi connectivity index (χ1n) is 13.2. The van der Waals surface area contributed by atoms with Crippen LogP contribution in [0.25, 0.3) is 10.9 Å². The molecule has 0 spiro atoms. The van der Waals surface area contributed by atoms with E-state index in [2.05, 4.69) is 20.6 Å². The van der Waals surface area contributed by atoms with Crippen LogP contribution in [-0.2, 0) is 19.6 Å². The van der Waals surface area contributed by atoms with Gasteiger partial charge in [-0.15, -0.1) is 4.83 Å². The first-order valence-corrected chi connectivity index (χ1v) is 14.7. The summed E-state index contributed by atoms with van der Waals surface area (Å²) in [6.45, 7) is 5.23. The number of nitrogens with one attached hydrogen (secondary N) is 4. The van der Waals surface area contributed by atoms with Crippen molar-refractivity contribution in [1.82, 2.24) is 20.1 Å². The highest BCUT2D eigenvalue weighted by Gasteiger charge is 2.45. The summed E-state index contributed by atoms with van der Waals surface area (Å²) in [5, 5.41) is 3.50. The molecule has 41 heavy (non-hydrogen) atoms. The maximum atomic E-state index is 13.9. The van der Waals surface area contributed by atoms with Crippen molar-refractivity contribution in [2.45, 2.75) is 44.2 Å². The molecule has 3 aromatic carbocycles. The van der Waals surface area contributed by atoms with Crippen molar-refractivity contribution in [1.29, 1.82) is 0 Å². The Morgan fingerprint density at radius 1 is 0.951 bits per heavy atom. The van der Waals surface area contributed by atoms with Crippen molar-refractivity contribution >= 4 is 44.3 Å². The zero-order valence-corrected chi connectivity index (χ0v) is 23.7. The molecule has 1 aliphatic heterocycles. The monoisotopic (exact) mass is 573 g/mol. The zero-order valence-electron chi connectivity index (χ0n) is 22.8. The number of hydrogen-bond acceptors (Lipinski definition) is 5. The van der Waals surface area contributed by atoms with Crippen LogP contribution in [0, 0.1) is 5.92 Å². The van der Waals surface area contributed by atoms with Gasteiger partial charge in [-0.3, -0.25) is 19.8 Å². The number of fused-ring (bicyclic) bond motifs is 2. The molecule has 5 rings (SSSR count). The third kappa shape index (κ3) is 5.59. The molecule has 1 aliphatic rings. The van der Waals surface area contributed by atoms with Crippen molar-refractivity contribution in [2.75, 3.05) is 5.32 Å². The van der Waals surface area contributed by atoms with Gasteiger partial charge in [0.05, 0.1) is 10.9 Å². The van der Waals surface area contributed by atoms with Crippen LogP contribution in [0.15, 0.2) is 83.9 Å². The first-order chi connectivity index (χ1) is 19.6. The molecule has 4 N–H and O–H groups in total. The van der Waals surface area contributed by atoms with E-state index < -0.39 is 28.0 Å². The van der Waals surface area contributed by atoms with Gasteiger partial charge in [-0.2, -0.15) is 0 Å². The molecular formula is C30H31N5O5S. The van der Waals surface area contributed by atoms with Crippen LogP contribution >= 0.6 is 0 Å². The van der Waals surface area contributed by atoms with E-state index in [1.165, 1.54) is 31.2 Å². The molecule has 212 valence electrons. The van der Waals surface area contributed by atoms with Crippen molar-refractivity contribution in [3.05, 3.63) is 95.7 Å². The molecule has 2 unspecified atom stereocenters. The second kappa shape index (κ2) is 11.2. The Morgan fingerprint density at radius 3 is 2.34 bits per heavy atom. The SMILES string of the molecule is CC(=O)Nc1ccc(S(=O)(=O)NNC(=O)C(CC(C)C)N2C(=O)c3ccccc3C2c2c[nH]c3ccccc23)cc1. The fraction of sp³-hybridized carbons (Fsp3) is 0.233. The van der Waals surface area contributed by atoms with Crippen LogP contribution in [-0.4, -0.2) is 42.1 Å². The van der Waals surface area contributed by atoms with Gasteiger partial charge >= 0.3 is 0 Å². The first kappa shape index (κ1) is 28.1. The number of amides is 3. The predicted molar refractivity (Wildman–Crippen MR) is 155 cm³/mol. The van der Waals surface area contributed by atoms with Gasteiger partial charge in [-0.1, -0.05) is 50.2 Å². The van der Waals surface area contributed by atoms with E-state index in [1.54, 1.807) is 17.0 Å². The number of sulfonamides is 1. The molecule has 0 radical (unpaired) electrons. The smallest absolute Gasteiger partial charge is 0.257 e. The minimum Gasteiger partial charge on any atom is -0.361 e. The molecule has 0 fully saturated rings. The summed E-state index contributed by atoms with van der Waals surface area (Å²) in [5.74, 6) is -1.22. The van der Waals surface area contributed by atoms with Crippen LogP contribution in [0.3, 0.4) is 0 Å². The number of aromatic nitrogens is 1. The van der Waals surface area contributed by atoms with E-state index in [4.69, 9.17) is 0 Å². The third-order valence-corrected chi connectivity index (χ3v) is 8.30. The zero-order chi connectivity index (χ0) is 29.3. The number of carbonyl (C=O) groups excluding carboxylic acids is 3. The maximum Gasteiger partial charge on any atom is 0.257 e. The average Bonchev–Trinajstić information content (AvgIpc) is 3.49. The van der Waals surface area contributed by atoms with Crippen LogP contribution in [0.4, 0.5) is 5.69 Å². The van der Waals surface area contributed by atoms with Gasteiger partial charge in [0.15, 0.2) is 0 Å². The van der Waals surface area contributed by atoms with Crippen LogP contribution in [0.5, 0.6) is 0 Å². The molecule has 3 amide bonds. The quantitative estimate of drug-likeness (QED) is 0.223. The molecule has 0 bridgehead atoms. The van der Waals surface area contributed by atoms with Gasteiger partial charge in [-0.25, -0.2) is 8.42 Å². The Hall–Kier alpha value is -4.48. The summed E-state index contributed by atoms with van der Waals surface area (Å²) < 4.78 is 26.0. The molecule has 11 heteroatoms. The lowest BCUT2D eigenvalue weighted by Crippen LogP contribution is -2.53. The van der Waals surface area contributed by atoms with E-state index in [0.717, 1.165) is 22.0 Å². The lowest BCUT2D eigenvalue weighted by Gasteiger charge is -2.33. The Bertz CT molecular complexity index is 1730. The number of H-pyrrole nitrogens is 1. The number of carbonyl (C=O) groups is 3. The summed E-state index contributed by atoms with van der Waals surface area (Å²) >= 11 is 0. The second-order valence-electron chi connectivity index (χ2n) is 10.4. The summed E-state index contributed by atoms with van der Waals surface area (Å²) in [6.07, 6.45) is 2.16. The van der Waals surface area contributed by atoms with Gasteiger partial charge in [0.1, 0.15) is 6.04 Å². The minimum absolute atomic E-state index is 0.0174. The van der Waals surface area contributed by atoms with Gasteiger partial charge in [0, 0.05) is 40.8 Å². The van der Waals surface area contributed by atoms with Gasteiger partial charge < -0.3 is 15.2 Å². The number of aromatic amines is 1.